The van der Waals surface area contributed by atoms with Crippen molar-refractivity contribution < 1.29 is 19.2 Å². The third kappa shape index (κ3) is 4.22. The zero-order chi connectivity index (χ0) is 20.2. The van der Waals surface area contributed by atoms with Gasteiger partial charge < -0.3 is 9.47 Å². The molecule has 0 bridgehead atoms. The number of hydrogen-bond acceptors (Lipinski definition) is 5. The molecule has 0 saturated heterocycles. The summed E-state index contributed by atoms with van der Waals surface area (Å²) in [4.78, 5) is 22.6. The minimum absolute atomic E-state index is 0.0380. The maximum atomic E-state index is 12.2. The number of rotatable bonds is 5. The Labute approximate surface area is 166 Å². The van der Waals surface area contributed by atoms with Crippen molar-refractivity contribution in [3.8, 4) is 11.5 Å². The quantitative estimate of drug-likeness (QED) is 0.255. The Morgan fingerprint density at radius 1 is 0.897 bits per heavy atom. The van der Waals surface area contributed by atoms with Gasteiger partial charge in [-0.15, -0.1) is 0 Å². The first-order chi connectivity index (χ1) is 14.1. The normalized spacial score (nSPS) is 14.4. The third-order valence-electron chi connectivity index (χ3n) is 4.25. The lowest BCUT2D eigenvalue weighted by Gasteiger charge is -2.06. The number of para-hydroxylation sites is 1. The third-order valence-corrected chi connectivity index (χ3v) is 4.25. The van der Waals surface area contributed by atoms with Gasteiger partial charge in [-0.05, 0) is 54.1 Å². The van der Waals surface area contributed by atoms with Crippen LogP contribution in [-0.2, 0) is 9.53 Å². The summed E-state index contributed by atoms with van der Waals surface area (Å²) in [6.07, 6.45) is 3.18. The monoisotopic (exact) mass is 385 g/mol. The summed E-state index contributed by atoms with van der Waals surface area (Å²) in [7, 11) is 0. The van der Waals surface area contributed by atoms with E-state index in [1.54, 1.807) is 48.6 Å². The van der Waals surface area contributed by atoms with E-state index < -0.39 is 10.9 Å². The molecule has 0 N–H and O–H groups in total. The van der Waals surface area contributed by atoms with Crippen LogP contribution < -0.4 is 4.74 Å². The van der Waals surface area contributed by atoms with E-state index >= 15 is 0 Å². The number of non-ortho nitro benzene ring substituents is 1. The number of esters is 1. The predicted molar refractivity (Wildman–Crippen MR) is 108 cm³/mol. The maximum absolute atomic E-state index is 12.2. The number of nitrogens with zero attached hydrogens (tertiary/aromatic N) is 1. The van der Waals surface area contributed by atoms with Crippen molar-refractivity contribution in [3.05, 3.63) is 112 Å². The van der Waals surface area contributed by atoms with Crippen LogP contribution in [-0.4, -0.2) is 10.9 Å². The topological polar surface area (TPSA) is 78.7 Å². The molecule has 1 aliphatic heterocycles. The van der Waals surface area contributed by atoms with Gasteiger partial charge in [0.05, 0.1) is 10.5 Å². The maximum Gasteiger partial charge on any atom is 0.343 e. The average molecular weight is 385 g/mol. The Morgan fingerprint density at radius 2 is 1.62 bits per heavy atom. The average Bonchev–Trinajstić information content (AvgIpc) is 3.10. The standard InChI is InChI=1S/C23H15NO5/c25-23-18(13-16-5-4-6-19(14-16)24(26)27)15-22(29-23)17-9-11-21(12-10-17)28-20-7-2-1-3-8-20/h1-15H/b18-13+. The molecule has 4 rings (SSSR count). The highest BCUT2D eigenvalue weighted by Crippen LogP contribution is 2.30. The van der Waals surface area contributed by atoms with Gasteiger partial charge in [0.15, 0.2) is 0 Å². The molecule has 0 atom stereocenters. The second-order valence-corrected chi connectivity index (χ2v) is 6.29. The molecule has 6 nitrogen and oxygen atoms in total. The van der Waals surface area contributed by atoms with Crippen molar-refractivity contribution in [2.24, 2.45) is 0 Å². The van der Waals surface area contributed by atoms with E-state index in [0.717, 1.165) is 11.3 Å². The fourth-order valence-electron chi connectivity index (χ4n) is 2.85. The van der Waals surface area contributed by atoms with E-state index in [9.17, 15) is 14.9 Å². The summed E-state index contributed by atoms with van der Waals surface area (Å²) in [5, 5.41) is 10.9. The van der Waals surface area contributed by atoms with Crippen LogP contribution >= 0.6 is 0 Å². The minimum Gasteiger partial charge on any atom is -0.457 e. The zero-order valence-electron chi connectivity index (χ0n) is 15.1. The van der Waals surface area contributed by atoms with Crippen molar-refractivity contribution in [3.63, 3.8) is 0 Å². The Kier molecular flexibility index (Phi) is 4.90. The molecule has 29 heavy (non-hydrogen) atoms. The van der Waals surface area contributed by atoms with Gasteiger partial charge in [0.2, 0.25) is 0 Å². The minimum atomic E-state index is -0.504. The van der Waals surface area contributed by atoms with Crippen LogP contribution in [0.25, 0.3) is 11.8 Å². The molecule has 1 aliphatic rings. The second-order valence-electron chi connectivity index (χ2n) is 6.29. The van der Waals surface area contributed by atoms with Gasteiger partial charge in [-0.1, -0.05) is 30.3 Å². The fourth-order valence-corrected chi connectivity index (χ4v) is 2.85. The molecule has 0 spiro atoms. The van der Waals surface area contributed by atoms with Gasteiger partial charge in [-0.2, -0.15) is 0 Å². The van der Waals surface area contributed by atoms with Crippen molar-refractivity contribution in [1.82, 2.24) is 0 Å². The van der Waals surface area contributed by atoms with E-state index in [0.29, 0.717) is 22.6 Å². The summed E-state index contributed by atoms with van der Waals surface area (Å²) in [5.41, 5.74) is 1.56. The second kappa shape index (κ2) is 7.82. The summed E-state index contributed by atoms with van der Waals surface area (Å²) < 4.78 is 11.1. The molecule has 0 amide bonds. The smallest absolute Gasteiger partial charge is 0.343 e. The van der Waals surface area contributed by atoms with E-state index in [1.807, 2.05) is 30.3 Å². The lowest BCUT2D eigenvalue weighted by Crippen LogP contribution is -1.97. The molecule has 0 radical (unpaired) electrons. The SMILES string of the molecule is O=C1OC(c2ccc(Oc3ccccc3)cc2)=C/C1=C\c1cccc([N+](=O)[O-])c1. The Hall–Kier alpha value is -4.19. The molecule has 0 fully saturated rings. The van der Waals surface area contributed by atoms with Crippen LogP contribution in [0, 0.1) is 10.1 Å². The first-order valence-electron chi connectivity index (χ1n) is 8.82. The summed E-state index contributed by atoms with van der Waals surface area (Å²) >= 11 is 0. The number of nitro benzene ring substituents is 1. The van der Waals surface area contributed by atoms with E-state index in [-0.39, 0.29) is 5.69 Å². The lowest BCUT2D eigenvalue weighted by atomic mass is 10.1. The van der Waals surface area contributed by atoms with Gasteiger partial charge in [-0.3, -0.25) is 10.1 Å². The first kappa shape index (κ1) is 18.2. The predicted octanol–water partition coefficient (Wildman–Crippen LogP) is 5.37. The number of carbonyl (C=O) groups excluding carboxylic acids is 1. The van der Waals surface area contributed by atoms with Gasteiger partial charge >= 0.3 is 5.97 Å². The van der Waals surface area contributed by atoms with Crippen LogP contribution in [0.3, 0.4) is 0 Å². The van der Waals surface area contributed by atoms with Crippen LogP contribution in [0.5, 0.6) is 11.5 Å². The highest BCUT2D eigenvalue weighted by atomic mass is 16.6. The van der Waals surface area contributed by atoms with Crippen LogP contribution in [0.1, 0.15) is 11.1 Å². The lowest BCUT2D eigenvalue weighted by molar-refractivity contribution is -0.384. The van der Waals surface area contributed by atoms with Crippen LogP contribution in [0.2, 0.25) is 0 Å². The first-order valence-corrected chi connectivity index (χ1v) is 8.82. The Morgan fingerprint density at radius 3 is 2.34 bits per heavy atom. The molecule has 0 aromatic heterocycles. The zero-order valence-corrected chi connectivity index (χ0v) is 15.1. The molecular formula is C23H15NO5. The van der Waals surface area contributed by atoms with E-state index in [4.69, 9.17) is 9.47 Å². The number of benzene rings is 3. The van der Waals surface area contributed by atoms with Crippen molar-refractivity contribution in [1.29, 1.82) is 0 Å². The van der Waals surface area contributed by atoms with Crippen molar-refractivity contribution in [2.75, 3.05) is 0 Å². The highest BCUT2D eigenvalue weighted by molar-refractivity contribution is 6.05. The number of hydrogen-bond donors (Lipinski definition) is 0. The molecule has 142 valence electrons. The van der Waals surface area contributed by atoms with E-state index in [2.05, 4.69) is 0 Å². The Balaban J connectivity index is 1.54. The molecule has 0 unspecified atom stereocenters. The highest BCUT2D eigenvalue weighted by Gasteiger charge is 2.22. The van der Waals surface area contributed by atoms with Crippen LogP contribution in [0.4, 0.5) is 5.69 Å². The van der Waals surface area contributed by atoms with Crippen molar-refractivity contribution in [2.45, 2.75) is 0 Å². The molecule has 0 aliphatic carbocycles. The van der Waals surface area contributed by atoms with Crippen LogP contribution in [0.15, 0.2) is 90.5 Å². The summed E-state index contributed by atoms with van der Waals surface area (Å²) in [5.74, 6) is 1.31. The largest absolute Gasteiger partial charge is 0.457 e. The van der Waals surface area contributed by atoms with Crippen molar-refractivity contribution >= 4 is 23.5 Å². The molecule has 3 aromatic rings. The summed E-state index contributed by atoms with van der Waals surface area (Å²) in [6.45, 7) is 0. The number of nitro groups is 1. The number of ether oxygens (including phenoxy) is 2. The number of carbonyl (C=O) groups is 1. The fraction of sp³-hybridized carbons (Fsp3) is 0. The molecule has 0 saturated carbocycles. The van der Waals surface area contributed by atoms with Gasteiger partial charge in [0.25, 0.3) is 5.69 Å². The van der Waals surface area contributed by atoms with E-state index in [1.165, 1.54) is 12.1 Å². The van der Waals surface area contributed by atoms with Gasteiger partial charge in [0, 0.05) is 17.7 Å². The van der Waals surface area contributed by atoms with Gasteiger partial charge in [-0.25, -0.2) is 4.79 Å². The number of cyclic esters (lactones) is 1. The molecule has 3 aromatic carbocycles. The molecular weight excluding hydrogens is 370 g/mol. The Bertz CT molecular complexity index is 1130. The molecule has 6 heteroatoms. The summed E-state index contributed by atoms with van der Waals surface area (Å²) in [6, 6.07) is 22.7. The molecule has 1 heterocycles. The van der Waals surface area contributed by atoms with Gasteiger partial charge in [0.1, 0.15) is 17.3 Å².